The average Bonchev–Trinajstić information content (AvgIpc) is 3.21. The summed E-state index contributed by atoms with van der Waals surface area (Å²) in [5.41, 5.74) is 2.39. The summed E-state index contributed by atoms with van der Waals surface area (Å²) < 4.78 is 8.26. The summed E-state index contributed by atoms with van der Waals surface area (Å²) in [5.74, 6) is 2.14. The molecule has 0 bridgehead atoms. The molecule has 4 aromatic rings. The first-order valence-electron chi connectivity index (χ1n) is 11.3. The van der Waals surface area contributed by atoms with Gasteiger partial charge in [0.1, 0.15) is 18.2 Å². The van der Waals surface area contributed by atoms with Crippen molar-refractivity contribution in [3.05, 3.63) is 94.7 Å². The number of carbonyl (C=O) groups excluding carboxylic acids is 1. The van der Waals surface area contributed by atoms with Gasteiger partial charge in [0.25, 0.3) is 5.91 Å². The van der Waals surface area contributed by atoms with Crippen LogP contribution in [0.4, 0.5) is 0 Å². The molecule has 5 rings (SSSR count). The number of benzene rings is 2. The summed E-state index contributed by atoms with van der Waals surface area (Å²) >= 11 is 0. The summed E-state index contributed by atoms with van der Waals surface area (Å²) in [6, 6.07) is 20.9. The number of piperidine rings is 1. The number of nitrogens with zero attached hydrogens (tertiary/aromatic N) is 3. The van der Waals surface area contributed by atoms with E-state index in [1.54, 1.807) is 6.07 Å². The Hall–Kier alpha value is -3.87. The van der Waals surface area contributed by atoms with Gasteiger partial charge in [0.15, 0.2) is 0 Å². The van der Waals surface area contributed by atoms with E-state index in [4.69, 9.17) is 9.72 Å². The molecule has 7 heteroatoms. The highest BCUT2D eigenvalue weighted by molar-refractivity contribution is 5.93. The Morgan fingerprint density at radius 3 is 2.52 bits per heavy atom. The van der Waals surface area contributed by atoms with E-state index in [1.807, 2.05) is 53.4 Å². The van der Waals surface area contributed by atoms with Crippen LogP contribution in [0, 0.1) is 5.92 Å². The maximum absolute atomic E-state index is 12.8. The van der Waals surface area contributed by atoms with Gasteiger partial charge in [-0.2, -0.15) is 0 Å². The first kappa shape index (κ1) is 21.0. The van der Waals surface area contributed by atoms with Gasteiger partial charge in [-0.25, -0.2) is 4.98 Å². The molecule has 2 aromatic carbocycles. The Bertz CT molecular complexity index is 1280. The van der Waals surface area contributed by atoms with Gasteiger partial charge in [0.2, 0.25) is 5.56 Å². The van der Waals surface area contributed by atoms with E-state index in [-0.39, 0.29) is 11.5 Å². The molecule has 3 heterocycles. The van der Waals surface area contributed by atoms with Gasteiger partial charge in [-0.15, -0.1) is 0 Å². The van der Waals surface area contributed by atoms with Crippen molar-refractivity contribution in [3.63, 3.8) is 0 Å². The van der Waals surface area contributed by atoms with Crippen LogP contribution in [0.5, 0.6) is 5.75 Å². The largest absolute Gasteiger partial charge is 0.486 e. The third-order valence-electron chi connectivity index (χ3n) is 6.22. The van der Waals surface area contributed by atoms with Crippen molar-refractivity contribution in [1.29, 1.82) is 0 Å². The Kier molecular flexibility index (Phi) is 5.93. The van der Waals surface area contributed by atoms with Crippen molar-refractivity contribution in [3.8, 4) is 5.75 Å². The molecule has 0 saturated carbocycles. The fraction of sp³-hybridized carbons (Fsp3) is 0.269. The first-order chi connectivity index (χ1) is 16.2. The Morgan fingerprint density at radius 2 is 1.76 bits per heavy atom. The normalized spacial score (nSPS) is 14.5. The predicted octanol–water partition coefficient (Wildman–Crippen LogP) is 3.86. The molecule has 0 spiro atoms. The minimum absolute atomic E-state index is 0.0327. The standard InChI is InChI=1S/C26H26N4O3/c31-25-11-10-20(16-27-25)26(32)29-14-12-19(13-15-29)17-30-23-9-5-4-8-22(23)28-24(30)18-33-21-6-2-1-3-7-21/h1-11,16,19H,12-15,17-18H2,(H,27,31). The molecule has 1 aliphatic rings. The fourth-order valence-electron chi connectivity index (χ4n) is 4.41. The quantitative estimate of drug-likeness (QED) is 0.492. The number of para-hydroxylation sites is 3. The Morgan fingerprint density at radius 1 is 1.00 bits per heavy atom. The minimum atomic E-state index is -0.204. The summed E-state index contributed by atoms with van der Waals surface area (Å²) in [6.45, 7) is 2.65. The number of hydrogen-bond donors (Lipinski definition) is 1. The number of hydrogen-bond acceptors (Lipinski definition) is 4. The molecule has 168 valence electrons. The zero-order valence-corrected chi connectivity index (χ0v) is 18.3. The molecule has 33 heavy (non-hydrogen) atoms. The zero-order valence-electron chi connectivity index (χ0n) is 18.3. The van der Waals surface area contributed by atoms with Gasteiger partial charge in [-0.1, -0.05) is 30.3 Å². The van der Waals surface area contributed by atoms with Crippen LogP contribution in [0.1, 0.15) is 29.0 Å². The molecule has 0 unspecified atom stereocenters. The lowest BCUT2D eigenvalue weighted by Crippen LogP contribution is -2.39. The van der Waals surface area contributed by atoms with Gasteiger partial charge in [0, 0.05) is 31.9 Å². The van der Waals surface area contributed by atoms with Crippen molar-refractivity contribution in [1.82, 2.24) is 19.4 Å². The summed E-state index contributed by atoms with van der Waals surface area (Å²) in [5, 5.41) is 0. The lowest BCUT2D eigenvalue weighted by Gasteiger charge is -2.32. The highest BCUT2D eigenvalue weighted by Crippen LogP contribution is 2.25. The van der Waals surface area contributed by atoms with Crippen LogP contribution < -0.4 is 10.3 Å². The van der Waals surface area contributed by atoms with E-state index >= 15 is 0 Å². The van der Waals surface area contributed by atoms with Crippen LogP contribution in [0.2, 0.25) is 0 Å². The minimum Gasteiger partial charge on any atom is -0.486 e. The molecular formula is C26H26N4O3. The molecule has 1 saturated heterocycles. The van der Waals surface area contributed by atoms with Crippen molar-refractivity contribution in [2.45, 2.75) is 26.0 Å². The van der Waals surface area contributed by atoms with Crippen LogP contribution in [0.25, 0.3) is 11.0 Å². The van der Waals surface area contributed by atoms with Gasteiger partial charge in [0.05, 0.1) is 16.6 Å². The van der Waals surface area contributed by atoms with Gasteiger partial charge >= 0.3 is 0 Å². The lowest BCUT2D eigenvalue weighted by molar-refractivity contribution is 0.0682. The van der Waals surface area contributed by atoms with E-state index in [9.17, 15) is 9.59 Å². The molecule has 0 atom stereocenters. The molecule has 0 radical (unpaired) electrons. The third-order valence-corrected chi connectivity index (χ3v) is 6.22. The molecule has 7 nitrogen and oxygen atoms in total. The van der Waals surface area contributed by atoms with E-state index < -0.39 is 0 Å². The fourth-order valence-corrected chi connectivity index (χ4v) is 4.41. The number of aromatic amines is 1. The number of aromatic nitrogens is 3. The van der Waals surface area contributed by atoms with Crippen LogP contribution in [-0.4, -0.2) is 38.4 Å². The molecule has 2 aromatic heterocycles. The summed E-state index contributed by atoms with van der Waals surface area (Å²) in [7, 11) is 0. The van der Waals surface area contributed by atoms with Crippen molar-refractivity contribution < 1.29 is 9.53 Å². The molecule has 1 fully saturated rings. The number of imidazole rings is 1. The number of pyridine rings is 1. The summed E-state index contributed by atoms with van der Waals surface area (Å²) in [6.07, 6.45) is 3.33. The molecule has 1 aliphatic heterocycles. The van der Waals surface area contributed by atoms with E-state index in [0.717, 1.165) is 42.0 Å². The second-order valence-corrected chi connectivity index (χ2v) is 8.41. The first-order valence-corrected chi connectivity index (χ1v) is 11.3. The number of likely N-dealkylation sites (tertiary alicyclic amines) is 1. The monoisotopic (exact) mass is 442 g/mol. The van der Waals surface area contributed by atoms with Gasteiger partial charge < -0.3 is 19.2 Å². The van der Waals surface area contributed by atoms with E-state index in [2.05, 4.69) is 15.6 Å². The maximum atomic E-state index is 12.8. The maximum Gasteiger partial charge on any atom is 0.255 e. The highest BCUT2D eigenvalue weighted by Gasteiger charge is 2.25. The van der Waals surface area contributed by atoms with Gasteiger partial charge in [-0.3, -0.25) is 9.59 Å². The number of amides is 1. The second kappa shape index (κ2) is 9.32. The number of rotatable bonds is 6. The van der Waals surface area contributed by atoms with Crippen LogP contribution in [0.15, 0.2) is 77.7 Å². The van der Waals surface area contributed by atoms with Crippen LogP contribution in [0.3, 0.4) is 0 Å². The summed E-state index contributed by atoms with van der Waals surface area (Å²) in [4.78, 5) is 33.3. The Labute approximate surface area is 191 Å². The number of nitrogens with one attached hydrogen (secondary N) is 1. The molecule has 1 N–H and O–H groups in total. The van der Waals surface area contributed by atoms with E-state index in [0.29, 0.717) is 31.2 Å². The highest BCUT2D eigenvalue weighted by atomic mass is 16.5. The second-order valence-electron chi connectivity index (χ2n) is 8.41. The number of fused-ring (bicyclic) bond motifs is 1. The average molecular weight is 443 g/mol. The van der Waals surface area contributed by atoms with E-state index in [1.165, 1.54) is 12.3 Å². The smallest absolute Gasteiger partial charge is 0.255 e. The molecule has 0 aliphatic carbocycles. The number of ether oxygens (including phenoxy) is 1. The van der Waals surface area contributed by atoms with Gasteiger partial charge in [-0.05, 0) is 49.1 Å². The molecular weight excluding hydrogens is 416 g/mol. The van der Waals surface area contributed by atoms with Crippen LogP contribution >= 0.6 is 0 Å². The SMILES string of the molecule is O=C(c1ccc(=O)[nH]c1)N1CCC(Cn2c(COc3ccccc3)nc3ccccc32)CC1. The third kappa shape index (κ3) is 4.67. The van der Waals surface area contributed by atoms with Crippen LogP contribution in [-0.2, 0) is 13.2 Å². The van der Waals surface area contributed by atoms with Crippen molar-refractivity contribution in [2.75, 3.05) is 13.1 Å². The number of carbonyl (C=O) groups is 1. The lowest BCUT2D eigenvalue weighted by atomic mass is 9.96. The van der Waals surface area contributed by atoms with Crippen molar-refractivity contribution in [2.24, 2.45) is 5.92 Å². The van der Waals surface area contributed by atoms with Crippen molar-refractivity contribution >= 4 is 16.9 Å². The topological polar surface area (TPSA) is 80.2 Å². The number of H-pyrrole nitrogens is 1. The Balaban J connectivity index is 1.27. The predicted molar refractivity (Wildman–Crippen MR) is 126 cm³/mol. The molecule has 1 amide bonds. The zero-order chi connectivity index (χ0) is 22.6.